The highest BCUT2D eigenvalue weighted by atomic mass is 32.1. The number of carbonyl (C=O) groups excluding carboxylic acids is 2. The summed E-state index contributed by atoms with van der Waals surface area (Å²) >= 11 is 1.35. The Kier molecular flexibility index (Phi) is 4.80. The van der Waals surface area contributed by atoms with E-state index in [9.17, 15) is 19.7 Å². The van der Waals surface area contributed by atoms with Crippen LogP contribution in [0.1, 0.15) is 28.1 Å². The summed E-state index contributed by atoms with van der Waals surface area (Å²) in [5, 5.41) is 15.6. The van der Waals surface area contributed by atoms with Gasteiger partial charge in [0, 0.05) is 12.6 Å². The summed E-state index contributed by atoms with van der Waals surface area (Å²) in [6.45, 7) is 2.12. The summed E-state index contributed by atoms with van der Waals surface area (Å²) in [6, 6.07) is 7.53. The second-order valence-corrected chi connectivity index (χ2v) is 6.78. The maximum absolute atomic E-state index is 12.7. The molecule has 1 atom stereocenters. The van der Waals surface area contributed by atoms with Crippen LogP contribution in [0.2, 0.25) is 0 Å². The lowest BCUT2D eigenvalue weighted by atomic mass is 10.1. The Labute approximate surface area is 148 Å². The van der Waals surface area contributed by atoms with Crippen LogP contribution in [-0.2, 0) is 4.79 Å². The molecular formula is C17H17N3O4S. The summed E-state index contributed by atoms with van der Waals surface area (Å²) in [4.78, 5) is 37.9. The first kappa shape index (κ1) is 17.1. The monoisotopic (exact) mass is 359 g/mol. The number of nitrogens with one attached hydrogen (secondary N) is 1. The smallest absolute Gasteiger partial charge is 0.274 e. The van der Waals surface area contributed by atoms with Crippen molar-refractivity contribution in [2.75, 3.05) is 11.9 Å². The van der Waals surface area contributed by atoms with Crippen LogP contribution in [-0.4, -0.2) is 34.2 Å². The molecule has 7 nitrogen and oxygen atoms in total. The highest BCUT2D eigenvalue weighted by Gasteiger charge is 2.35. The number of hydrogen-bond donors (Lipinski definition) is 1. The van der Waals surface area contributed by atoms with Crippen molar-refractivity contribution < 1.29 is 14.5 Å². The SMILES string of the molecule is Cc1c(NC(=O)C2CCCN2C(=O)c2cccs2)cccc1[N+](=O)[O-]. The van der Waals surface area contributed by atoms with Gasteiger partial charge in [-0.05, 0) is 37.3 Å². The lowest BCUT2D eigenvalue weighted by Gasteiger charge is -2.23. The van der Waals surface area contributed by atoms with Crippen molar-refractivity contribution in [3.63, 3.8) is 0 Å². The zero-order valence-corrected chi connectivity index (χ0v) is 14.4. The molecule has 1 aromatic carbocycles. The minimum atomic E-state index is -0.562. The molecule has 1 aliphatic heterocycles. The number of amides is 2. The minimum absolute atomic E-state index is 0.0456. The van der Waals surface area contributed by atoms with Crippen molar-refractivity contribution in [3.05, 3.63) is 56.3 Å². The molecule has 1 N–H and O–H groups in total. The molecule has 1 fully saturated rings. The molecule has 25 heavy (non-hydrogen) atoms. The molecule has 0 aliphatic carbocycles. The van der Waals surface area contributed by atoms with E-state index in [-0.39, 0.29) is 17.5 Å². The van der Waals surface area contributed by atoms with Gasteiger partial charge >= 0.3 is 0 Å². The summed E-state index contributed by atoms with van der Waals surface area (Å²) in [5.41, 5.74) is 0.750. The molecule has 1 saturated heterocycles. The van der Waals surface area contributed by atoms with E-state index >= 15 is 0 Å². The van der Waals surface area contributed by atoms with Gasteiger partial charge in [-0.15, -0.1) is 11.3 Å². The number of rotatable bonds is 4. The molecule has 0 saturated carbocycles. The van der Waals surface area contributed by atoms with Crippen LogP contribution in [0.5, 0.6) is 0 Å². The Morgan fingerprint density at radius 2 is 2.12 bits per heavy atom. The second kappa shape index (κ2) is 7.02. The molecule has 0 spiro atoms. The highest BCUT2D eigenvalue weighted by Crippen LogP contribution is 2.27. The van der Waals surface area contributed by atoms with Crippen LogP contribution in [0.15, 0.2) is 35.7 Å². The molecule has 0 radical (unpaired) electrons. The molecule has 2 amide bonds. The summed E-state index contributed by atoms with van der Waals surface area (Å²) in [5.74, 6) is -0.464. The molecule has 0 bridgehead atoms. The van der Waals surface area contributed by atoms with Crippen molar-refractivity contribution in [2.24, 2.45) is 0 Å². The van der Waals surface area contributed by atoms with Crippen LogP contribution in [0, 0.1) is 17.0 Å². The summed E-state index contributed by atoms with van der Waals surface area (Å²) < 4.78 is 0. The van der Waals surface area contributed by atoms with Gasteiger partial charge in [0.05, 0.1) is 21.1 Å². The number of nitro groups is 1. The fourth-order valence-corrected chi connectivity index (χ4v) is 3.68. The maximum atomic E-state index is 12.7. The number of thiophene rings is 1. The molecule has 2 heterocycles. The molecule has 8 heteroatoms. The molecule has 1 aliphatic rings. The third kappa shape index (κ3) is 3.39. The predicted molar refractivity (Wildman–Crippen MR) is 94.8 cm³/mol. The molecule has 1 aromatic heterocycles. The van der Waals surface area contributed by atoms with Crippen LogP contribution in [0.3, 0.4) is 0 Å². The van der Waals surface area contributed by atoms with E-state index in [2.05, 4.69) is 5.32 Å². The maximum Gasteiger partial charge on any atom is 0.274 e. The van der Waals surface area contributed by atoms with Gasteiger partial charge in [0.25, 0.3) is 11.6 Å². The Balaban J connectivity index is 1.78. The van der Waals surface area contributed by atoms with Crippen molar-refractivity contribution in [1.29, 1.82) is 0 Å². The van der Waals surface area contributed by atoms with E-state index in [1.807, 2.05) is 5.38 Å². The molecule has 130 valence electrons. The van der Waals surface area contributed by atoms with Gasteiger partial charge in [0.1, 0.15) is 6.04 Å². The lowest BCUT2D eigenvalue weighted by molar-refractivity contribution is -0.385. The van der Waals surface area contributed by atoms with Crippen LogP contribution in [0.4, 0.5) is 11.4 Å². The Bertz CT molecular complexity index is 819. The van der Waals surface area contributed by atoms with Crippen molar-refractivity contribution in [3.8, 4) is 0 Å². The number of anilines is 1. The van der Waals surface area contributed by atoms with Crippen LogP contribution >= 0.6 is 11.3 Å². The van der Waals surface area contributed by atoms with E-state index in [0.717, 1.165) is 6.42 Å². The number of nitrogens with zero attached hydrogens (tertiary/aromatic N) is 2. The van der Waals surface area contributed by atoms with Crippen LogP contribution < -0.4 is 5.32 Å². The number of benzene rings is 1. The van der Waals surface area contributed by atoms with E-state index in [0.29, 0.717) is 29.1 Å². The average Bonchev–Trinajstić information content (AvgIpc) is 3.27. The van der Waals surface area contributed by atoms with E-state index in [1.165, 1.54) is 23.5 Å². The second-order valence-electron chi connectivity index (χ2n) is 5.83. The van der Waals surface area contributed by atoms with E-state index in [1.54, 1.807) is 30.0 Å². The average molecular weight is 359 g/mol. The van der Waals surface area contributed by atoms with Crippen molar-refractivity contribution >= 4 is 34.5 Å². The normalized spacial score (nSPS) is 16.7. The van der Waals surface area contributed by atoms with Gasteiger partial charge in [0.15, 0.2) is 0 Å². The zero-order chi connectivity index (χ0) is 18.0. The molecule has 3 rings (SSSR count). The number of carbonyl (C=O) groups is 2. The van der Waals surface area contributed by atoms with Gasteiger partial charge < -0.3 is 10.2 Å². The largest absolute Gasteiger partial charge is 0.326 e. The quantitative estimate of drug-likeness (QED) is 0.670. The number of hydrogen-bond acceptors (Lipinski definition) is 5. The van der Waals surface area contributed by atoms with Crippen molar-refractivity contribution in [1.82, 2.24) is 4.90 Å². The third-order valence-corrected chi connectivity index (χ3v) is 5.17. The Hall–Kier alpha value is -2.74. The Morgan fingerprint density at radius 3 is 2.80 bits per heavy atom. The first-order chi connectivity index (χ1) is 12.0. The minimum Gasteiger partial charge on any atom is -0.326 e. The predicted octanol–water partition coefficient (Wildman–Crippen LogP) is 3.21. The van der Waals surface area contributed by atoms with Gasteiger partial charge in [-0.25, -0.2) is 0 Å². The number of likely N-dealkylation sites (tertiary alicyclic amines) is 1. The zero-order valence-electron chi connectivity index (χ0n) is 13.6. The summed E-state index contributed by atoms with van der Waals surface area (Å²) in [7, 11) is 0. The standard InChI is InChI=1S/C17H17N3O4S/c1-11-12(5-2-6-13(11)20(23)24)18-16(21)14-7-3-9-19(14)17(22)15-8-4-10-25-15/h2,4-6,8,10,14H,3,7,9H2,1H3,(H,18,21). The van der Waals surface area contributed by atoms with Crippen LogP contribution in [0.25, 0.3) is 0 Å². The van der Waals surface area contributed by atoms with Gasteiger partial charge in [-0.1, -0.05) is 12.1 Å². The fourth-order valence-electron chi connectivity index (χ4n) is 3.00. The lowest BCUT2D eigenvalue weighted by Crippen LogP contribution is -2.43. The van der Waals surface area contributed by atoms with Gasteiger partial charge in [0.2, 0.25) is 5.91 Å². The fraction of sp³-hybridized carbons (Fsp3) is 0.294. The van der Waals surface area contributed by atoms with Gasteiger partial charge in [-0.2, -0.15) is 0 Å². The topological polar surface area (TPSA) is 92.6 Å². The first-order valence-electron chi connectivity index (χ1n) is 7.88. The number of nitro benzene ring substituents is 1. The molecular weight excluding hydrogens is 342 g/mol. The summed E-state index contributed by atoms with van der Waals surface area (Å²) in [6.07, 6.45) is 1.33. The Morgan fingerprint density at radius 1 is 1.32 bits per heavy atom. The van der Waals surface area contributed by atoms with E-state index in [4.69, 9.17) is 0 Å². The van der Waals surface area contributed by atoms with Crippen molar-refractivity contribution in [2.45, 2.75) is 25.8 Å². The highest BCUT2D eigenvalue weighted by molar-refractivity contribution is 7.12. The van der Waals surface area contributed by atoms with Gasteiger partial charge in [-0.3, -0.25) is 19.7 Å². The van der Waals surface area contributed by atoms with E-state index < -0.39 is 11.0 Å². The third-order valence-electron chi connectivity index (χ3n) is 4.31. The molecule has 1 unspecified atom stereocenters. The first-order valence-corrected chi connectivity index (χ1v) is 8.76. The molecule has 2 aromatic rings.